The summed E-state index contributed by atoms with van der Waals surface area (Å²) in [6, 6.07) is 3.36. The van der Waals surface area contributed by atoms with E-state index in [0.29, 0.717) is 6.07 Å². The van der Waals surface area contributed by atoms with E-state index in [1.165, 1.54) is 4.88 Å². The third-order valence-corrected chi connectivity index (χ3v) is 4.61. The molecule has 110 valence electrons. The first kappa shape index (κ1) is 13.9. The van der Waals surface area contributed by atoms with Crippen LogP contribution in [0.2, 0.25) is 0 Å². The van der Waals surface area contributed by atoms with E-state index >= 15 is 0 Å². The topological polar surface area (TPSA) is 55.2 Å². The van der Waals surface area contributed by atoms with Crippen LogP contribution in [0, 0.1) is 21.7 Å². The molecule has 1 aliphatic rings. The van der Waals surface area contributed by atoms with Gasteiger partial charge in [0.1, 0.15) is 5.82 Å². The van der Waals surface area contributed by atoms with Crippen LogP contribution in [0.4, 0.5) is 20.2 Å². The summed E-state index contributed by atoms with van der Waals surface area (Å²) in [6.07, 6.45) is 2.78. The number of nitrogens with one attached hydrogen (secondary N) is 1. The number of nitro groups is 1. The molecule has 0 aliphatic heterocycles. The standard InChI is InChI=1S/C14H12F2N2O2S/c15-9-6-10(16)13(18(19)20)7-12(9)17-11-2-1-3-14-8(11)4-5-21-14/h4-7,11,17H,1-3H2. The number of benzene rings is 1. The van der Waals surface area contributed by atoms with Gasteiger partial charge in [0.15, 0.2) is 0 Å². The quantitative estimate of drug-likeness (QED) is 0.674. The van der Waals surface area contributed by atoms with Crippen molar-refractivity contribution in [1.29, 1.82) is 0 Å². The van der Waals surface area contributed by atoms with Gasteiger partial charge in [-0.25, -0.2) is 4.39 Å². The number of nitro benzene ring substituents is 1. The van der Waals surface area contributed by atoms with Gasteiger partial charge in [-0.1, -0.05) is 0 Å². The molecule has 4 nitrogen and oxygen atoms in total. The minimum atomic E-state index is -1.16. The summed E-state index contributed by atoms with van der Waals surface area (Å²) in [7, 11) is 0. The lowest BCUT2D eigenvalue weighted by atomic mass is 9.94. The molecule has 0 bridgehead atoms. The van der Waals surface area contributed by atoms with Crippen molar-refractivity contribution in [2.45, 2.75) is 25.3 Å². The van der Waals surface area contributed by atoms with E-state index in [-0.39, 0.29) is 11.7 Å². The zero-order chi connectivity index (χ0) is 15.0. The molecule has 21 heavy (non-hydrogen) atoms. The first-order chi connectivity index (χ1) is 10.1. The molecule has 1 heterocycles. The minimum Gasteiger partial charge on any atom is -0.376 e. The molecule has 1 aromatic carbocycles. The molecule has 1 unspecified atom stereocenters. The van der Waals surface area contributed by atoms with Gasteiger partial charge < -0.3 is 5.32 Å². The Morgan fingerprint density at radius 2 is 2.14 bits per heavy atom. The van der Waals surface area contributed by atoms with E-state index in [4.69, 9.17) is 0 Å². The molecule has 7 heteroatoms. The molecule has 1 N–H and O–H groups in total. The molecule has 1 aliphatic carbocycles. The fourth-order valence-corrected chi connectivity index (χ4v) is 3.60. The zero-order valence-electron chi connectivity index (χ0n) is 10.9. The number of halogens is 2. The highest BCUT2D eigenvalue weighted by Gasteiger charge is 2.24. The molecular formula is C14H12F2N2O2S. The number of fused-ring (bicyclic) bond motifs is 1. The van der Waals surface area contributed by atoms with Crippen molar-refractivity contribution in [3.63, 3.8) is 0 Å². The third kappa shape index (κ3) is 2.61. The van der Waals surface area contributed by atoms with Crippen LogP contribution in [0.3, 0.4) is 0 Å². The fraction of sp³-hybridized carbons (Fsp3) is 0.286. The van der Waals surface area contributed by atoms with Crippen molar-refractivity contribution in [3.05, 3.63) is 55.8 Å². The maximum absolute atomic E-state index is 13.8. The Morgan fingerprint density at radius 3 is 2.90 bits per heavy atom. The van der Waals surface area contributed by atoms with Crippen LogP contribution in [0.5, 0.6) is 0 Å². The number of hydrogen-bond donors (Lipinski definition) is 1. The number of nitrogens with zero attached hydrogens (tertiary/aromatic N) is 1. The van der Waals surface area contributed by atoms with Crippen molar-refractivity contribution < 1.29 is 13.7 Å². The van der Waals surface area contributed by atoms with E-state index in [1.54, 1.807) is 11.3 Å². The lowest BCUT2D eigenvalue weighted by molar-refractivity contribution is -0.387. The summed E-state index contributed by atoms with van der Waals surface area (Å²) in [5.74, 6) is -1.98. The van der Waals surface area contributed by atoms with Gasteiger partial charge in [0.25, 0.3) is 0 Å². The summed E-state index contributed by atoms with van der Waals surface area (Å²) in [4.78, 5) is 11.1. The van der Waals surface area contributed by atoms with E-state index in [1.807, 2.05) is 11.4 Å². The molecule has 0 saturated heterocycles. The Balaban J connectivity index is 1.93. The van der Waals surface area contributed by atoms with Gasteiger partial charge in [0, 0.05) is 17.0 Å². The van der Waals surface area contributed by atoms with E-state index in [2.05, 4.69) is 5.32 Å². The second kappa shape index (κ2) is 5.40. The third-order valence-electron chi connectivity index (χ3n) is 3.61. The van der Waals surface area contributed by atoms with Crippen LogP contribution in [-0.2, 0) is 6.42 Å². The Kier molecular flexibility index (Phi) is 3.59. The Hall–Kier alpha value is -2.02. The molecule has 1 atom stereocenters. The van der Waals surface area contributed by atoms with Gasteiger partial charge in [-0.3, -0.25) is 10.1 Å². The predicted molar refractivity (Wildman–Crippen MR) is 76.6 cm³/mol. The Labute approximate surface area is 123 Å². The lowest BCUT2D eigenvalue weighted by Gasteiger charge is -2.24. The molecule has 0 radical (unpaired) electrons. The Morgan fingerprint density at radius 1 is 1.33 bits per heavy atom. The highest BCUT2D eigenvalue weighted by Crippen LogP contribution is 2.37. The van der Waals surface area contributed by atoms with Crippen molar-refractivity contribution in [2.75, 3.05) is 5.32 Å². The van der Waals surface area contributed by atoms with Crippen molar-refractivity contribution >= 4 is 22.7 Å². The molecule has 0 amide bonds. The van der Waals surface area contributed by atoms with Gasteiger partial charge >= 0.3 is 5.69 Å². The maximum atomic E-state index is 13.8. The second-order valence-electron chi connectivity index (χ2n) is 4.93. The predicted octanol–water partition coefficient (Wildman–Crippen LogP) is 4.42. The molecule has 0 saturated carbocycles. The second-order valence-corrected chi connectivity index (χ2v) is 5.93. The molecule has 0 spiro atoms. The summed E-state index contributed by atoms with van der Waals surface area (Å²) < 4.78 is 27.2. The number of hydrogen-bond acceptors (Lipinski definition) is 4. The highest BCUT2D eigenvalue weighted by atomic mass is 32.1. The van der Waals surface area contributed by atoms with Crippen LogP contribution in [0.15, 0.2) is 23.6 Å². The zero-order valence-corrected chi connectivity index (χ0v) is 11.8. The molecule has 0 fully saturated rings. The van der Waals surface area contributed by atoms with Gasteiger partial charge in [-0.15, -0.1) is 11.3 Å². The maximum Gasteiger partial charge on any atom is 0.307 e. The summed E-state index contributed by atoms with van der Waals surface area (Å²) >= 11 is 1.65. The smallest absolute Gasteiger partial charge is 0.307 e. The lowest BCUT2D eigenvalue weighted by Crippen LogP contribution is -2.16. The van der Waals surface area contributed by atoms with Gasteiger partial charge in [-0.2, -0.15) is 4.39 Å². The first-order valence-corrected chi connectivity index (χ1v) is 7.40. The van der Waals surface area contributed by atoms with Crippen LogP contribution in [0.1, 0.15) is 29.3 Å². The van der Waals surface area contributed by atoms with E-state index in [0.717, 1.165) is 30.9 Å². The van der Waals surface area contributed by atoms with Crippen molar-refractivity contribution in [1.82, 2.24) is 0 Å². The SMILES string of the molecule is O=[N+]([O-])c1cc(NC2CCCc3sccc32)c(F)cc1F. The molecule has 3 rings (SSSR count). The van der Waals surface area contributed by atoms with Crippen molar-refractivity contribution in [2.24, 2.45) is 0 Å². The van der Waals surface area contributed by atoms with Crippen LogP contribution < -0.4 is 5.32 Å². The summed E-state index contributed by atoms with van der Waals surface area (Å²) in [5, 5.41) is 15.7. The van der Waals surface area contributed by atoms with Crippen LogP contribution in [0.25, 0.3) is 0 Å². The van der Waals surface area contributed by atoms with E-state index in [9.17, 15) is 18.9 Å². The first-order valence-electron chi connectivity index (χ1n) is 6.52. The summed E-state index contributed by atoms with van der Waals surface area (Å²) in [5.41, 5.74) is 0.338. The van der Waals surface area contributed by atoms with Crippen molar-refractivity contribution in [3.8, 4) is 0 Å². The van der Waals surface area contributed by atoms with E-state index < -0.39 is 22.2 Å². The minimum absolute atomic E-state index is 0.0350. The normalized spacial score (nSPS) is 17.3. The van der Waals surface area contributed by atoms with Gasteiger partial charge in [0.05, 0.1) is 16.7 Å². The largest absolute Gasteiger partial charge is 0.376 e. The number of rotatable bonds is 3. The fourth-order valence-electron chi connectivity index (χ4n) is 2.61. The van der Waals surface area contributed by atoms with Crippen LogP contribution >= 0.6 is 11.3 Å². The van der Waals surface area contributed by atoms with Crippen LogP contribution in [-0.4, -0.2) is 4.92 Å². The monoisotopic (exact) mass is 310 g/mol. The number of anilines is 1. The highest BCUT2D eigenvalue weighted by molar-refractivity contribution is 7.10. The number of aryl methyl sites for hydroxylation is 1. The average molecular weight is 310 g/mol. The molecule has 1 aromatic heterocycles. The Bertz CT molecular complexity index is 702. The molecule has 2 aromatic rings. The number of thiophene rings is 1. The summed E-state index contributed by atoms with van der Waals surface area (Å²) in [6.45, 7) is 0. The molecular weight excluding hydrogens is 298 g/mol. The van der Waals surface area contributed by atoms with Gasteiger partial charge in [-0.05, 0) is 36.3 Å². The van der Waals surface area contributed by atoms with Gasteiger partial charge in [0.2, 0.25) is 5.82 Å². The average Bonchev–Trinajstić information content (AvgIpc) is 2.90.